The summed E-state index contributed by atoms with van der Waals surface area (Å²) >= 11 is 0. The lowest BCUT2D eigenvalue weighted by atomic mass is 9.86. The van der Waals surface area contributed by atoms with E-state index < -0.39 is 0 Å². The van der Waals surface area contributed by atoms with Gasteiger partial charge in [-0.2, -0.15) is 0 Å². The molecule has 2 aromatic rings. The molecule has 0 amide bonds. The quantitative estimate of drug-likeness (QED) is 0.522. The van der Waals surface area contributed by atoms with Gasteiger partial charge in [-0.15, -0.1) is 0 Å². The first kappa shape index (κ1) is 18.9. The lowest BCUT2D eigenvalue weighted by molar-refractivity contribution is -0.923. The summed E-state index contributed by atoms with van der Waals surface area (Å²) in [4.78, 5) is 0. The summed E-state index contributed by atoms with van der Waals surface area (Å²) in [6, 6.07) is 11.4. The van der Waals surface area contributed by atoms with Gasteiger partial charge in [-0.1, -0.05) is 18.2 Å². The van der Waals surface area contributed by atoms with Gasteiger partial charge in [0.05, 0.1) is 33.3 Å². The molecule has 1 aliphatic rings. The number of likely N-dealkylation sites (N-methyl/N-ethyl adjacent to an activating group) is 1. The standard InChI is InChI=1S/C19H23NO3.HI/c1-20(2)11-10-14-6-9-17(23-3)19(22)18(14)16(20)12-13-4-7-15(21)8-5-13;/h4-9,16H,10-12H2,1-3H3,(H-,21,22);1H. The van der Waals surface area contributed by atoms with Gasteiger partial charge in [0.15, 0.2) is 11.5 Å². The van der Waals surface area contributed by atoms with Crippen molar-refractivity contribution in [3.05, 3.63) is 53.1 Å². The van der Waals surface area contributed by atoms with Gasteiger partial charge in [-0.25, -0.2) is 0 Å². The monoisotopic (exact) mass is 441 g/mol. The van der Waals surface area contributed by atoms with E-state index in [0.29, 0.717) is 5.75 Å². The molecule has 1 unspecified atom stereocenters. The van der Waals surface area contributed by atoms with Crippen molar-refractivity contribution in [2.24, 2.45) is 0 Å². The highest BCUT2D eigenvalue weighted by molar-refractivity contribution is 5.52. The second kappa shape index (κ2) is 7.19. The number of nitrogens with zero attached hydrogens (tertiary/aromatic N) is 1. The molecular formula is C19H24INO3. The Balaban J connectivity index is 0.00000208. The highest BCUT2D eigenvalue weighted by Gasteiger charge is 2.38. The van der Waals surface area contributed by atoms with E-state index in [1.807, 2.05) is 18.2 Å². The molecule has 0 saturated heterocycles. The fourth-order valence-corrected chi connectivity index (χ4v) is 3.50. The second-order valence-corrected chi connectivity index (χ2v) is 6.83. The van der Waals surface area contributed by atoms with Crippen LogP contribution in [0.1, 0.15) is 22.7 Å². The third-order valence-electron chi connectivity index (χ3n) is 4.99. The lowest BCUT2D eigenvalue weighted by Gasteiger charge is -2.43. The minimum atomic E-state index is 0. The SMILES string of the molecule is COc1ccc2c(c1O)C(Cc1ccc(O)cc1)[N+](C)(C)CC2.[I-]. The zero-order valence-corrected chi connectivity index (χ0v) is 16.4. The van der Waals surface area contributed by atoms with Crippen LogP contribution in [0.5, 0.6) is 17.2 Å². The summed E-state index contributed by atoms with van der Waals surface area (Å²) < 4.78 is 6.12. The van der Waals surface area contributed by atoms with Gasteiger partial charge in [0.25, 0.3) is 0 Å². The molecule has 2 N–H and O–H groups in total. The summed E-state index contributed by atoms with van der Waals surface area (Å²) in [5.41, 5.74) is 3.34. The molecule has 0 fully saturated rings. The van der Waals surface area contributed by atoms with E-state index in [1.165, 1.54) is 5.56 Å². The fourth-order valence-electron chi connectivity index (χ4n) is 3.50. The van der Waals surface area contributed by atoms with E-state index in [9.17, 15) is 10.2 Å². The molecule has 5 heteroatoms. The van der Waals surface area contributed by atoms with Crippen LogP contribution in [0.25, 0.3) is 0 Å². The summed E-state index contributed by atoms with van der Waals surface area (Å²) in [6.45, 7) is 1.03. The number of phenols is 2. The van der Waals surface area contributed by atoms with E-state index in [1.54, 1.807) is 19.2 Å². The maximum atomic E-state index is 10.7. The van der Waals surface area contributed by atoms with Crippen LogP contribution in [0, 0.1) is 0 Å². The molecule has 1 heterocycles. The number of ether oxygens (including phenoxy) is 1. The topological polar surface area (TPSA) is 49.7 Å². The number of hydrogen-bond acceptors (Lipinski definition) is 3. The van der Waals surface area contributed by atoms with Crippen LogP contribution in [-0.4, -0.2) is 42.4 Å². The molecule has 130 valence electrons. The van der Waals surface area contributed by atoms with Crippen molar-refractivity contribution in [2.75, 3.05) is 27.7 Å². The maximum Gasteiger partial charge on any atom is 0.167 e. The molecule has 0 bridgehead atoms. The van der Waals surface area contributed by atoms with Gasteiger partial charge in [0.1, 0.15) is 11.8 Å². The van der Waals surface area contributed by atoms with E-state index in [-0.39, 0.29) is 41.5 Å². The van der Waals surface area contributed by atoms with E-state index in [4.69, 9.17) is 4.74 Å². The number of halogens is 1. The number of phenolic OH excluding ortho intramolecular Hbond substituents is 2. The first-order valence-electron chi connectivity index (χ1n) is 7.91. The number of methoxy groups -OCH3 is 1. The van der Waals surface area contributed by atoms with Crippen LogP contribution in [0.2, 0.25) is 0 Å². The Kier molecular flexibility index (Phi) is 5.65. The molecule has 4 nitrogen and oxygen atoms in total. The van der Waals surface area contributed by atoms with Crippen molar-refractivity contribution < 1.29 is 43.4 Å². The van der Waals surface area contributed by atoms with E-state index in [0.717, 1.165) is 35.0 Å². The summed E-state index contributed by atoms with van der Waals surface area (Å²) in [7, 11) is 5.99. The smallest absolute Gasteiger partial charge is 0.167 e. The Bertz CT molecular complexity index is 713. The van der Waals surface area contributed by atoms with Crippen LogP contribution in [0.3, 0.4) is 0 Å². The van der Waals surface area contributed by atoms with Gasteiger partial charge in [0.2, 0.25) is 0 Å². The molecule has 0 spiro atoms. The van der Waals surface area contributed by atoms with Crippen molar-refractivity contribution in [3.8, 4) is 17.2 Å². The highest BCUT2D eigenvalue weighted by atomic mass is 127. The van der Waals surface area contributed by atoms with Crippen LogP contribution >= 0.6 is 0 Å². The largest absolute Gasteiger partial charge is 1.00 e. The molecule has 24 heavy (non-hydrogen) atoms. The van der Waals surface area contributed by atoms with Crippen molar-refractivity contribution in [3.63, 3.8) is 0 Å². The number of hydrogen-bond donors (Lipinski definition) is 2. The number of quaternary nitrogens is 1. The maximum absolute atomic E-state index is 10.7. The van der Waals surface area contributed by atoms with E-state index >= 15 is 0 Å². The molecule has 1 atom stereocenters. The average Bonchev–Trinajstić information content (AvgIpc) is 2.52. The van der Waals surface area contributed by atoms with E-state index in [2.05, 4.69) is 20.2 Å². The Labute approximate surface area is 160 Å². The molecular weight excluding hydrogens is 417 g/mol. The van der Waals surface area contributed by atoms with Crippen molar-refractivity contribution >= 4 is 0 Å². The normalized spacial score (nSPS) is 18.4. The summed E-state index contributed by atoms with van der Waals surface area (Å²) in [6.07, 6.45) is 1.76. The molecule has 0 aliphatic carbocycles. The van der Waals surface area contributed by atoms with Crippen LogP contribution in [-0.2, 0) is 12.8 Å². The van der Waals surface area contributed by atoms with Crippen molar-refractivity contribution in [1.29, 1.82) is 0 Å². The van der Waals surface area contributed by atoms with Crippen LogP contribution in [0.4, 0.5) is 0 Å². The number of benzene rings is 2. The van der Waals surface area contributed by atoms with Gasteiger partial charge in [0, 0.05) is 12.8 Å². The zero-order valence-electron chi connectivity index (χ0n) is 14.3. The molecule has 1 aliphatic heterocycles. The number of aromatic hydroxyl groups is 2. The Hall–Kier alpha value is -1.47. The van der Waals surface area contributed by atoms with Crippen molar-refractivity contribution in [2.45, 2.75) is 18.9 Å². The predicted octanol–water partition coefficient (Wildman–Crippen LogP) is 0.0267. The van der Waals surface area contributed by atoms with Crippen LogP contribution in [0.15, 0.2) is 36.4 Å². The molecule has 2 aromatic carbocycles. The lowest BCUT2D eigenvalue weighted by Crippen LogP contribution is -3.00. The number of rotatable bonds is 3. The summed E-state index contributed by atoms with van der Waals surface area (Å²) in [5.74, 6) is 1.07. The Morgan fingerprint density at radius 3 is 2.38 bits per heavy atom. The third-order valence-corrected chi connectivity index (χ3v) is 4.99. The van der Waals surface area contributed by atoms with Gasteiger partial charge in [-0.3, -0.25) is 0 Å². The molecule has 3 rings (SSSR count). The average molecular weight is 441 g/mol. The third kappa shape index (κ3) is 3.47. The predicted molar refractivity (Wildman–Crippen MR) is 89.9 cm³/mol. The second-order valence-electron chi connectivity index (χ2n) is 6.83. The first-order chi connectivity index (χ1) is 10.9. The van der Waals surface area contributed by atoms with Gasteiger partial charge >= 0.3 is 0 Å². The van der Waals surface area contributed by atoms with Gasteiger partial charge < -0.3 is 43.4 Å². The minimum absolute atomic E-state index is 0. The molecule has 0 radical (unpaired) electrons. The molecule has 0 saturated carbocycles. The Morgan fingerprint density at radius 1 is 1.08 bits per heavy atom. The van der Waals surface area contributed by atoms with Crippen molar-refractivity contribution in [1.82, 2.24) is 0 Å². The zero-order chi connectivity index (χ0) is 16.6. The van der Waals surface area contributed by atoms with Gasteiger partial charge in [-0.05, 0) is 29.3 Å². The highest BCUT2D eigenvalue weighted by Crippen LogP contribution is 2.44. The first-order valence-corrected chi connectivity index (χ1v) is 7.91. The fraction of sp³-hybridized carbons (Fsp3) is 0.368. The Morgan fingerprint density at radius 2 is 1.75 bits per heavy atom. The van der Waals surface area contributed by atoms with Crippen LogP contribution < -0.4 is 28.7 Å². The number of fused-ring (bicyclic) bond motifs is 1. The molecule has 0 aromatic heterocycles. The minimum Gasteiger partial charge on any atom is -1.00 e. The summed E-state index contributed by atoms with van der Waals surface area (Å²) in [5, 5.41) is 20.2.